The fourth-order valence-corrected chi connectivity index (χ4v) is 2.76. The van der Waals surface area contributed by atoms with Gasteiger partial charge >= 0.3 is 11.9 Å². The molecule has 0 saturated heterocycles. The maximum absolute atomic E-state index is 11.2. The van der Waals surface area contributed by atoms with Crippen LogP contribution >= 0.6 is 11.3 Å². The Kier molecular flexibility index (Phi) is 4.14. The van der Waals surface area contributed by atoms with E-state index >= 15 is 0 Å². The Morgan fingerprint density at radius 2 is 1.90 bits per heavy atom. The van der Waals surface area contributed by atoms with Crippen LogP contribution in [-0.4, -0.2) is 27.1 Å². The van der Waals surface area contributed by atoms with Crippen LogP contribution in [-0.2, 0) is 12.8 Å². The first-order valence-corrected chi connectivity index (χ1v) is 6.87. The normalized spacial score (nSPS) is 10.4. The molecule has 5 nitrogen and oxygen atoms in total. The van der Waals surface area contributed by atoms with E-state index < -0.39 is 11.9 Å². The van der Waals surface area contributed by atoms with Crippen LogP contribution in [0, 0.1) is 0 Å². The molecule has 0 amide bonds. The quantitative estimate of drug-likeness (QED) is 0.884. The minimum Gasteiger partial charge on any atom is -0.478 e. The van der Waals surface area contributed by atoms with Crippen LogP contribution in [0.25, 0.3) is 0 Å². The van der Waals surface area contributed by atoms with Gasteiger partial charge in [-0.2, -0.15) is 0 Å². The number of thiazole rings is 1. The number of carbonyl (C=O) groups is 2. The summed E-state index contributed by atoms with van der Waals surface area (Å²) in [4.78, 5) is 26.8. The molecular formula is C14H13NO4S. The number of nitrogens with zero attached hydrogens (tertiary/aromatic N) is 1. The lowest BCUT2D eigenvalue weighted by molar-refractivity contribution is 0.0688. The van der Waals surface area contributed by atoms with E-state index in [0.29, 0.717) is 17.7 Å². The molecule has 1 aromatic carbocycles. The Morgan fingerprint density at radius 1 is 1.20 bits per heavy atom. The Balaban J connectivity index is 2.42. The van der Waals surface area contributed by atoms with Gasteiger partial charge < -0.3 is 10.2 Å². The molecule has 6 heteroatoms. The Hall–Kier alpha value is -2.21. The molecule has 0 saturated carbocycles. The molecule has 1 aromatic heterocycles. The molecule has 2 N–H and O–H groups in total. The SMILES string of the molecule is CCc1nc(Cc2ccccc2C(=O)O)c(C(=O)O)s1. The first kappa shape index (κ1) is 14.2. The molecule has 20 heavy (non-hydrogen) atoms. The highest BCUT2D eigenvalue weighted by molar-refractivity contribution is 7.13. The third kappa shape index (κ3) is 2.85. The average molecular weight is 291 g/mol. The zero-order chi connectivity index (χ0) is 14.7. The molecule has 2 aromatic rings. The van der Waals surface area contributed by atoms with Crippen molar-refractivity contribution < 1.29 is 19.8 Å². The smallest absolute Gasteiger partial charge is 0.347 e. The van der Waals surface area contributed by atoms with Gasteiger partial charge in [0.2, 0.25) is 0 Å². The minimum absolute atomic E-state index is 0.176. The maximum Gasteiger partial charge on any atom is 0.347 e. The number of hydrogen-bond donors (Lipinski definition) is 2. The van der Waals surface area contributed by atoms with Gasteiger partial charge in [0.05, 0.1) is 16.3 Å². The second-order valence-corrected chi connectivity index (χ2v) is 5.26. The van der Waals surface area contributed by atoms with Gasteiger partial charge in [0.1, 0.15) is 4.88 Å². The number of rotatable bonds is 5. The molecule has 0 aliphatic heterocycles. The van der Waals surface area contributed by atoms with Crippen molar-refractivity contribution in [3.8, 4) is 0 Å². The molecule has 104 valence electrons. The van der Waals surface area contributed by atoms with Crippen molar-refractivity contribution in [1.29, 1.82) is 0 Å². The fourth-order valence-electron chi connectivity index (χ4n) is 1.90. The van der Waals surface area contributed by atoms with Gasteiger partial charge in [-0.25, -0.2) is 14.6 Å². The lowest BCUT2D eigenvalue weighted by atomic mass is 10.0. The largest absolute Gasteiger partial charge is 0.478 e. The van der Waals surface area contributed by atoms with Gasteiger partial charge in [-0.3, -0.25) is 0 Å². The van der Waals surface area contributed by atoms with Gasteiger partial charge in [0.25, 0.3) is 0 Å². The highest BCUT2D eigenvalue weighted by atomic mass is 32.1. The number of hydrogen-bond acceptors (Lipinski definition) is 4. The van der Waals surface area contributed by atoms with E-state index in [0.717, 1.165) is 16.3 Å². The molecule has 0 bridgehead atoms. The summed E-state index contributed by atoms with van der Waals surface area (Å²) < 4.78 is 0. The number of aromatic nitrogens is 1. The third-order valence-corrected chi connectivity index (χ3v) is 4.07. The van der Waals surface area contributed by atoms with Crippen molar-refractivity contribution in [1.82, 2.24) is 4.98 Å². The van der Waals surface area contributed by atoms with Crippen LogP contribution < -0.4 is 0 Å². The van der Waals surface area contributed by atoms with E-state index in [1.807, 2.05) is 6.92 Å². The monoisotopic (exact) mass is 291 g/mol. The maximum atomic E-state index is 11.2. The molecule has 0 fully saturated rings. The van der Waals surface area contributed by atoms with Gasteiger partial charge in [0, 0.05) is 6.42 Å². The molecule has 0 atom stereocenters. The van der Waals surface area contributed by atoms with Crippen molar-refractivity contribution in [2.24, 2.45) is 0 Å². The fraction of sp³-hybridized carbons (Fsp3) is 0.214. The van der Waals surface area contributed by atoms with Crippen molar-refractivity contribution in [2.45, 2.75) is 19.8 Å². The third-order valence-electron chi connectivity index (χ3n) is 2.84. The van der Waals surface area contributed by atoms with Crippen LogP contribution in [0.1, 0.15) is 43.2 Å². The molecule has 0 aliphatic rings. The van der Waals surface area contributed by atoms with Crippen LogP contribution in [0.2, 0.25) is 0 Å². The molecule has 0 aliphatic carbocycles. The Labute approximate surface area is 119 Å². The summed E-state index contributed by atoms with van der Waals surface area (Å²) in [7, 11) is 0. The summed E-state index contributed by atoms with van der Waals surface area (Å²) in [5, 5.41) is 19.1. The number of aromatic carboxylic acids is 2. The first-order valence-electron chi connectivity index (χ1n) is 6.06. The highest BCUT2D eigenvalue weighted by Gasteiger charge is 2.19. The summed E-state index contributed by atoms with van der Waals surface area (Å²) >= 11 is 1.14. The van der Waals surface area contributed by atoms with Gasteiger partial charge in [0.15, 0.2) is 0 Å². The summed E-state index contributed by atoms with van der Waals surface area (Å²) in [6, 6.07) is 6.56. The van der Waals surface area contributed by atoms with E-state index in [1.165, 1.54) is 6.07 Å². The molecule has 1 heterocycles. The molecule has 0 unspecified atom stereocenters. The number of aryl methyl sites for hydroxylation is 1. The first-order chi connectivity index (χ1) is 9.52. The number of carboxylic acid groups (broad SMARTS) is 2. The molecule has 0 radical (unpaired) electrons. The average Bonchev–Trinajstić information content (AvgIpc) is 2.82. The second-order valence-electron chi connectivity index (χ2n) is 4.18. The van der Waals surface area contributed by atoms with Crippen LogP contribution in [0.4, 0.5) is 0 Å². The summed E-state index contributed by atoms with van der Waals surface area (Å²) in [6.07, 6.45) is 0.867. The van der Waals surface area contributed by atoms with E-state index in [4.69, 9.17) is 5.11 Å². The second kappa shape index (κ2) is 5.83. The zero-order valence-corrected chi connectivity index (χ0v) is 11.6. The van der Waals surface area contributed by atoms with E-state index in [2.05, 4.69) is 4.98 Å². The molecular weight excluding hydrogens is 278 g/mol. The topological polar surface area (TPSA) is 87.5 Å². The van der Waals surface area contributed by atoms with Crippen LogP contribution in [0.3, 0.4) is 0 Å². The van der Waals surface area contributed by atoms with E-state index in [9.17, 15) is 14.7 Å². The summed E-state index contributed by atoms with van der Waals surface area (Å²) in [6.45, 7) is 1.90. The predicted octanol–water partition coefficient (Wildman–Crippen LogP) is 2.69. The van der Waals surface area contributed by atoms with E-state index in [-0.39, 0.29) is 16.9 Å². The van der Waals surface area contributed by atoms with Crippen LogP contribution in [0.5, 0.6) is 0 Å². The van der Waals surface area contributed by atoms with E-state index in [1.54, 1.807) is 18.2 Å². The predicted molar refractivity (Wildman–Crippen MR) is 74.7 cm³/mol. The molecule has 2 rings (SSSR count). The number of benzene rings is 1. The summed E-state index contributed by atoms with van der Waals surface area (Å²) in [5.41, 5.74) is 1.17. The number of carboxylic acids is 2. The highest BCUT2D eigenvalue weighted by Crippen LogP contribution is 2.23. The Morgan fingerprint density at radius 3 is 2.50 bits per heavy atom. The van der Waals surface area contributed by atoms with Gasteiger partial charge in [-0.15, -0.1) is 11.3 Å². The van der Waals surface area contributed by atoms with Gasteiger partial charge in [-0.1, -0.05) is 25.1 Å². The molecule has 0 spiro atoms. The summed E-state index contributed by atoms with van der Waals surface area (Å²) in [5.74, 6) is -2.05. The van der Waals surface area contributed by atoms with Gasteiger partial charge in [-0.05, 0) is 18.1 Å². The Bertz CT molecular complexity index is 663. The van der Waals surface area contributed by atoms with Crippen molar-refractivity contribution >= 4 is 23.3 Å². The zero-order valence-electron chi connectivity index (χ0n) is 10.8. The lowest BCUT2D eigenvalue weighted by Crippen LogP contribution is -2.05. The van der Waals surface area contributed by atoms with Crippen molar-refractivity contribution in [3.63, 3.8) is 0 Å². The van der Waals surface area contributed by atoms with Crippen molar-refractivity contribution in [2.75, 3.05) is 0 Å². The van der Waals surface area contributed by atoms with Crippen molar-refractivity contribution in [3.05, 3.63) is 51.0 Å². The lowest BCUT2D eigenvalue weighted by Gasteiger charge is -2.04. The minimum atomic E-state index is -1.02. The van der Waals surface area contributed by atoms with Crippen LogP contribution in [0.15, 0.2) is 24.3 Å². The standard InChI is InChI=1S/C14H13NO4S/c1-2-11-15-10(12(20-11)14(18)19)7-8-5-3-4-6-9(8)13(16)17/h3-6H,2,7H2,1H3,(H,16,17)(H,18,19).